The highest BCUT2D eigenvalue weighted by atomic mass is 35.5. The highest BCUT2D eigenvalue weighted by Crippen LogP contribution is 2.25. The van der Waals surface area contributed by atoms with Gasteiger partial charge in [-0.2, -0.15) is 0 Å². The average Bonchev–Trinajstić information content (AvgIpc) is 3.06. The minimum atomic E-state index is -3.90. The zero-order valence-corrected chi connectivity index (χ0v) is 27.7. The van der Waals surface area contributed by atoms with Gasteiger partial charge in [0, 0.05) is 24.5 Å². The summed E-state index contributed by atoms with van der Waals surface area (Å²) < 4.78 is 33.1. The van der Waals surface area contributed by atoms with Crippen molar-refractivity contribution >= 4 is 39.1 Å². The zero-order valence-electron chi connectivity index (χ0n) is 26.1. The van der Waals surface area contributed by atoms with Crippen LogP contribution in [0.25, 0.3) is 0 Å². The predicted molar refractivity (Wildman–Crippen MR) is 183 cm³/mol. The maximum Gasteiger partial charge on any atom is 0.244 e. The zero-order chi connectivity index (χ0) is 32.9. The van der Waals surface area contributed by atoms with Crippen molar-refractivity contribution in [3.05, 3.63) is 131 Å². The van der Waals surface area contributed by atoms with E-state index in [0.717, 1.165) is 34.5 Å². The fourth-order valence-corrected chi connectivity index (χ4v) is 5.98. The molecule has 0 spiro atoms. The molecule has 4 rings (SSSR count). The van der Waals surface area contributed by atoms with Crippen LogP contribution in [0, 0.1) is 0 Å². The van der Waals surface area contributed by atoms with E-state index in [2.05, 4.69) is 5.32 Å². The number of benzene rings is 4. The van der Waals surface area contributed by atoms with E-state index >= 15 is 0 Å². The quantitative estimate of drug-likeness (QED) is 0.143. The van der Waals surface area contributed by atoms with Crippen LogP contribution in [0.3, 0.4) is 0 Å². The second-order valence-electron chi connectivity index (χ2n) is 11.0. The van der Waals surface area contributed by atoms with Gasteiger partial charge in [-0.05, 0) is 53.4 Å². The maximum absolute atomic E-state index is 14.3. The van der Waals surface area contributed by atoms with Gasteiger partial charge in [-0.3, -0.25) is 13.9 Å². The van der Waals surface area contributed by atoms with Gasteiger partial charge in [0.2, 0.25) is 21.8 Å². The first-order valence-corrected chi connectivity index (χ1v) is 17.5. The van der Waals surface area contributed by atoms with Crippen LogP contribution >= 0.6 is 11.6 Å². The predicted octanol–water partition coefficient (Wildman–Crippen LogP) is 6.24. The topological polar surface area (TPSA) is 96.0 Å². The summed E-state index contributed by atoms with van der Waals surface area (Å²) in [7, 11) is -3.90. The normalized spacial score (nSPS) is 11.8. The number of carbonyl (C=O) groups is 2. The van der Waals surface area contributed by atoms with Gasteiger partial charge >= 0.3 is 0 Å². The lowest BCUT2D eigenvalue weighted by atomic mass is 10.0. The molecule has 0 aromatic heterocycles. The Morgan fingerprint density at radius 3 is 2.07 bits per heavy atom. The average molecular weight is 662 g/mol. The van der Waals surface area contributed by atoms with E-state index < -0.39 is 28.5 Å². The lowest BCUT2D eigenvalue weighted by Gasteiger charge is -2.33. The summed E-state index contributed by atoms with van der Waals surface area (Å²) in [5.74, 6) is -0.302. The van der Waals surface area contributed by atoms with Crippen LogP contribution in [-0.2, 0) is 39.2 Å². The molecule has 0 radical (unpaired) electrons. The molecule has 0 saturated carbocycles. The largest absolute Gasteiger partial charge is 0.489 e. The lowest BCUT2D eigenvalue weighted by molar-refractivity contribution is -0.140. The van der Waals surface area contributed by atoms with E-state index in [1.165, 1.54) is 4.90 Å². The summed E-state index contributed by atoms with van der Waals surface area (Å²) in [5.41, 5.74) is 2.80. The first-order chi connectivity index (χ1) is 22.2. The molecular formula is C36H40ClN3O5S. The summed E-state index contributed by atoms with van der Waals surface area (Å²) in [5, 5.41) is 3.41. The maximum atomic E-state index is 14.3. The molecule has 8 nitrogen and oxygen atoms in total. The molecule has 242 valence electrons. The number of hydrogen-bond acceptors (Lipinski definition) is 5. The van der Waals surface area contributed by atoms with Crippen molar-refractivity contribution in [1.82, 2.24) is 10.2 Å². The number of sulfonamides is 1. The number of nitrogens with zero attached hydrogens (tertiary/aromatic N) is 2. The van der Waals surface area contributed by atoms with Crippen molar-refractivity contribution in [2.24, 2.45) is 0 Å². The first kappa shape index (κ1) is 34.5. The monoisotopic (exact) mass is 661 g/mol. The van der Waals surface area contributed by atoms with Crippen LogP contribution in [0.1, 0.15) is 36.5 Å². The summed E-state index contributed by atoms with van der Waals surface area (Å²) in [6, 6.07) is 31.8. The molecular weight excluding hydrogens is 622 g/mol. The van der Waals surface area contributed by atoms with Crippen molar-refractivity contribution in [3.8, 4) is 5.75 Å². The minimum absolute atomic E-state index is 0.0150. The summed E-state index contributed by atoms with van der Waals surface area (Å²) >= 11 is 6.52. The second-order valence-corrected chi connectivity index (χ2v) is 13.3. The second kappa shape index (κ2) is 16.8. The molecule has 0 aliphatic heterocycles. The lowest BCUT2D eigenvalue weighted by Crippen LogP contribution is -2.53. The Morgan fingerprint density at radius 2 is 1.46 bits per heavy atom. The molecule has 0 saturated heterocycles. The van der Waals surface area contributed by atoms with E-state index in [0.29, 0.717) is 35.2 Å². The highest BCUT2D eigenvalue weighted by Gasteiger charge is 2.33. The van der Waals surface area contributed by atoms with Gasteiger partial charge in [0.25, 0.3) is 0 Å². The van der Waals surface area contributed by atoms with Crippen LogP contribution in [0.4, 0.5) is 5.69 Å². The van der Waals surface area contributed by atoms with Crippen molar-refractivity contribution < 1.29 is 22.7 Å². The number of rotatable bonds is 16. The van der Waals surface area contributed by atoms with Crippen LogP contribution in [0.5, 0.6) is 5.75 Å². The van der Waals surface area contributed by atoms with Gasteiger partial charge in [-0.25, -0.2) is 8.42 Å². The van der Waals surface area contributed by atoms with Crippen molar-refractivity contribution in [1.29, 1.82) is 0 Å². The van der Waals surface area contributed by atoms with Crippen LogP contribution < -0.4 is 14.4 Å². The molecule has 1 N–H and O–H groups in total. The standard InChI is InChI=1S/C36H40ClN3O5S/c1-3-4-23-38-36(42)34(24-28-13-7-5-8-14-28)39(25-30-17-11-12-18-33(30)37)35(41)26-40(46(2,43)44)31-19-21-32(22-20-31)45-27-29-15-9-6-10-16-29/h5-22,34H,3-4,23-27H2,1-2H3,(H,38,42)/t34-/m0/s1. The Labute approximate surface area is 277 Å². The molecule has 0 aliphatic rings. The van der Waals surface area contributed by atoms with Crippen LogP contribution in [0.15, 0.2) is 109 Å². The molecule has 4 aromatic carbocycles. The van der Waals surface area contributed by atoms with Gasteiger partial charge in [-0.15, -0.1) is 0 Å². The molecule has 46 heavy (non-hydrogen) atoms. The number of unbranched alkanes of at least 4 members (excludes halogenated alkanes) is 1. The van der Waals surface area contributed by atoms with Crippen LogP contribution in [0.2, 0.25) is 5.02 Å². The van der Waals surface area contributed by atoms with E-state index in [1.54, 1.807) is 42.5 Å². The third-order valence-electron chi connectivity index (χ3n) is 7.45. The van der Waals surface area contributed by atoms with Crippen molar-refractivity contribution in [2.45, 2.75) is 45.4 Å². The Hall–Kier alpha value is -4.34. The van der Waals surface area contributed by atoms with Gasteiger partial charge < -0.3 is 15.0 Å². The Morgan fingerprint density at radius 1 is 0.848 bits per heavy atom. The first-order valence-electron chi connectivity index (χ1n) is 15.2. The van der Waals surface area contributed by atoms with Gasteiger partial charge in [0.15, 0.2) is 0 Å². The molecule has 0 unspecified atom stereocenters. The number of amides is 2. The van der Waals surface area contributed by atoms with Gasteiger partial charge in [0.05, 0.1) is 11.9 Å². The van der Waals surface area contributed by atoms with E-state index in [9.17, 15) is 18.0 Å². The molecule has 2 amide bonds. The van der Waals surface area contributed by atoms with Gasteiger partial charge in [-0.1, -0.05) is 104 Å². The summed E-state index contributed by atoms with van der Waals surface area (Å²) in [6.45, 7) is 2.35. The van der Waals surface area contributed by atoms with Crippen molar-refractivity contribution in [2.75, 3.05) is 23.7 Å². The molecule has 0 fully saturated rings. The Kier molecular flexibility index (Phi) is 12.6. The molecule has 0 heterocycles. The molecule has 4 aromatic rings. The van der Waals surface area contributed by atoms with E-state index in [4.69, 9.17) is 16.3 Å². The minimum Gasteiger partial charge on any atom is -0.489 e. The molecule has 1 atom stereocenters. The summed E-state index contributed by atoms with van der Waals surface area (Å²) in [4.78, 5) is 29.4. The number of carbonyl (C=O) groups excluding carboxylic acids is 2. The Balaban J connectivity index is 1.64. The summed E-state index contributed by atoms with van der Waals surface area (Å²) in [6.07, 6.45) is 2.97. The fraction of sp³-hybridized carbons (Fsp3) is 0.278. The molecule has 0 aliphatic carbocycles. The third kappa shape index (κ3) is 10.1. The number of halogens is 1. The third-order valence-corrected chi connectivity index (χ3v) is 8.96. The molecule has 0 bridgehead atoms. The Bertz CT molecular complexity index is 1670. The number of anilines is 1. The highest BCUT2D eigenvalue weighted by molar-refractivity contribution is 7.92. The van der Waals surface area contributed by atoms with E-state index in [1.807, 2.05) is 73.7 Å². The fourth-order valence-electron chi connectivity index (χ4n) is 4.93. The molecule has 10 heteroatoms. The van der Waals surface area contributed by atoms with E-state index in [-0.39, 0.29) is 18.9 Å². The number of ether oxygens (including phenoxy) is 1. The van der Waals surface area contributed by atoms with Crippen molar-refractivity contribution in [3.63, 3.8) is 0 Å². The number of hydrogen-bond donors (Lipinski definition) is 1. The van der Waals surface area contributed by atoms with Gasteiger partial charge in [0.1, 0.15) is 24.9 Å². The smallest absolute Gasteiger partial charge is 0.244 e. The number of nitrogens with one attached hydrogen (secondary N) is 1. The van der Waals surface area contributed by atoms with Crippen LogP contribution in [-0.4, -0.2) is 50.5 Å². The SMILES string of the molecule is CCCCNC(=O)[C@H](Cc1ccccc1)N(Cc1ccccc1Cl)C(=O)CN(c1ccc(OCc2ccccc2)cc1)S(C)(=O)=O.